The Morgan fingerprint density at radius 3 is 2.90 bits per heavy atom. The van der Waals surface area contributed by atoms with Crippen molar-refractivity contribution in [2.45, 2.75) is 26.4 Å². The molecule has 2 aromatic rings. The Labute approximate surface area is 114 Å². The zero-order valence-electron chi connectivity index (χ0n) is 11.1. The normalized spacial score (nSPS) is 12.2. The van der Waals surface area contributed by atoms with E-state index in [2.05, 4.69) is 15.0 Å². The maximum absolute atomic E-state index is 12.1. The van der Waals surface area contributed by atoms with Gasteiger partial charge in [-0.2, -0.15) is 13.2 Å². The van der Waals surface area contributed by atoms with Crippen LogP contribution in [0.15, 0.2) is 24.5 Å². The van der Waals surface area contributed by atoms with Crippen molar-refractivity contribution in [1.82, 2.24) is 14.9 Å². The number of alkyl halides is 3. The van der Waals surface area contributed by atoms with Gasteiger partial charge in [0.05, 0.1) is 0 Å². The average Bonchev–Trinajstić information content (AvgIpc) is 2.74. The molecular formula is C13H16F3N3O. The quantitative estimate of drug-likeness (QED) is 0.888. The number of hydrogen-bond acceptors (Lipinski definition) is 3. The fraction of sp³-hybridized carbons (Fsp3) is 0.462. The fourth-order valence-electron chi connectivity index (χ4n) is 1.95. The van der Waals surface area contributed by atoms with E-state index < -0.39 is 12.8 Å². The van der Waals surface area contributed by atoms with Gasteiger partial charge in [-0.05, 0) is 24.2 Å². The lowest BCUT2D eigenvalue weighted by Gasteiger charge is -2.08. The SMILES string of the molecule is CCNCc1cn(COCC(F)(F)F)c2ncccc12. The first-order valence-corrected chi connectivity index (χ1v) is 6.29. The van der Waals surface area contributed by atoms with Crippen LogP contribution >= 0.6 is 0 Å². The lowest BCUT2D eigenvalue weighted by atomic mass is 10.2. The molecule has 2 aromatic heterocycles. The van der Waals surface area contributed by atoms with Gasteiger partial charge in [0.2, 0.25) is 0 Å². The smallest absolute Gasteiger partial charge is 0.351 e. The van der Waals surface area contributed by atoms with E-state index in [-0.39, 0.29) is 6.73 Å². The molecule has 110 valence electrons. The third-order valence-electron chi connectivity index (χ3n) is 2.78. The number of fused-ring (bicyclic) bond motifs is 1. The molecule has 1 N–H and O–H groups in total. The molecule has 2 rings (SSSR count). The number of rotatable bonds is 6. The molecule has 20 heavy (non-hydrogen) atoms. The maximum atomic E-state index is 12.1. The van der Waals surface area contributed by atoms with Crippen molar-refractivity contribution in [3.8, 4) is 0 Å². The average molecular weight is 287 g/mol. The van der Waals surface area contributed by atoms with Gasteiger partial charge >= 0.3 is 6.18 Å². The number of halogens is 3. The lowest BCUT2D eigenvalue weighted by molar-refractivity contribution is -0.181. The van der Waals surface area contributed by atoms with Gasteiger partial charge in [0.1, 0.15) is 19.0 Å². The molecule has 0 amide bonds. The first-order valence-electron chi connectivity index (χ1n) is 6.29. The van der Waals surface area contributed by atoms with E-state index in [1.807, 2.05) is 13.0 Å². The van der Waals surface area contributed by atoms with Gasteiger partial charge in [-0.15, -0.1) is 0 Å². The summed E-state index contributed by atoms with van der Waals surface area (Å²) in [4.78, 5) is 4.20. The monoisotopic (exact) mass is 287 g/mol. The number of aromatic nitrogens is 2. The van der Waals surface area contributed by atoms with E-state index in [1.54, 1.807) is 23.0 Å². The zero-order chi connectivity index (χ0) is 14.6. The van der Waals surface area contributed by atoms with Crippen LogP contribution in [0, 0.1) is 0 Å². The van der Waals surface area contributed by atoms with Gasteiger partial charge < -0.3 is 14.6 Å². The Bertz CT molecular complexity index is 565. The van der Waals surface area contributed by atoms with Crippen molar-refractivity contribution < 1.29 is 17.9 Å². The molecule has 0 atom stereocenters. The summed E-state index contributed by atoms with van der Waals surface area (Å²) >= 11 is 0. The van der Waals surface area contributed by atoms with Crippen LogP contribution in [0.4, 0.5) is 13.2 Å². The number of nitrogens with zero attached hydrogens (tertiary/aromatic N) is 2. The van der Waals surface area contributed by atoms with Gasteiger partial charge in [0.15, 0.2) is 0 Å². The molecule has 7 heteroatoms. The minimum atomic E-state index is -4.32. The molecule has 0 spiro atoms. The van der Waals surface area contributed by atoms with E-state index in [1.165, 1.54) is 0 Å². The molecule has 0 radical (unpaired) electrons. The number of nitrogens with one attached hydrogen (secondary N) is 1. The summed E-state index contributed by atoms with van der Waals surface area (Å²) in [5.74, 6) is 0. The van der Waals surface area contributed by atoms with Crippen LogP contribution in [0.5, 0.6) is 0 Å². The Morgan fingerprint density at radius 2 is 2.20 bits per heavy atom. The van der Waals surface area contributed by atoms with Crippen molar-refractivity contribution in [2.24, 2.45) is 0 Å². The Balaban J connectivity index is 2.16. The van der Waals surface area contributed by atoms with Crippen molar-refractivity contribution >= 4 is 11.0 Å². The minimum Gasteiger partial charge on any atom is -0.351 e. The summed E-state index contributed by atoms with van der Waals surface area (Å²) in [7, 11) is 0. The molecule has 0 bridgehead atoms. The van der Waals surface area contributed by atoms with Crippen LogP contribution < -0.4 is 5.32 Å². The van der Waals surface area contributed by atoms with Crippen LogP contribution in [0.25, 0.3) is 11.0 Å². The third-order valence-corrected chi connectivity index (χ3v) is 2.78. The second kappa shape index (κ2) is 6.23. The number of hydrogen-bond donors (Lipinski definition) is 1. The zero-order valence-corrected chi connectivity index (χ0v) is 11.1. The summed E-state index contributed by atoms with van der Waals surface area (Å²) in [6.45, 7) is 2.02. The second-order valence-corrected chi connectivity index (χ2v) is 4.37. The van der Waals surface area contributed by atoms with Crippen molar-refractivity contribution in [3.63, 3.8) is 0 Å². The van der Waals surface area contributed by atoms with Crippen LogP contribution in [0.3, 0.4) is 0 Å². The van der Waals surface area contributed by atoms with Gasteiger partial charge in [0.25, 0.3) is 0 Å². The summed E-state index contributed by atoms with van der Waals surface area (Å²) in [6, 6.07) is 3.70. The fourth-order valence-corrected chi connectivity index (χ4v) is 1.95. The Kier molecular flexibility index (Phi) is 4.61. The van der Waals surface area contributed by atoms with Crippen molar-refractivity contribution in [3.05, 3.63) is 30.1 Å². The van der Waals surface area contributed by atoms with Crippen LogP contribution in [-0.2, 0) is 18.0 Å². The van der Waals surface area contributed by atoms with Crippen LogP contribution in [-0.4, -0.2) is 28.9 Å². The van der Waals surface area contributed by atoms with Gasteiger partial charge in [-0.25, -0.2) is 4.98 Å². The van der Waals surface area contributed by atoms with Crippen molar-refractivity contribution in [2.75, 3.05) is 13.2 Å². The molecule has 4 nitrogen and oxygen atoms in total. The minimum absolute atomic E-state index is 0.168. The van der Waals surface area contributed by atoms with Crippen molar-refractivity contribution in [1.29, 1.82) is 0 Å². The lowest BCUT2D eigenvalue weighted by Crippen LogP contribution is -2.18. The van der Waals surface area contributed by atoms with E-state index in [9.17, 15) is 13.2 Å². The number of ether oxygens (including phenoxy) is 1. The first kappa shape index (κ1) is 14.8. The third kappa shape index (κ3) is 3.71. The summed E-state index contributed by atoms with van der Waals surface area (Å²) in [5, 5.41) is 4.11. The maximum Gasteiger partial charge on any atom is 0.411 e. The largest absolute Gasteiger partial charge is 0.411 e. The standard InChI is InChI=1S/C13H16F3N3O/c1-2-17-6-10-7-19(9-20-8-13(14,15)16)12-11(10)4-3-5-18-12/h3-5,7,17H,2,6,8-9H2,1H3. The van der Waals surface area contributed by atoms with Crippen LogP contribution in [0.1, 0.15) is 12.5 Å². The highest BCUT2D eigenvalue weighted by Crippen LogP contribution is 2.20. The highest BCUT2D eigenvalue weighted by atomic mass is 19.4. The second-order valence-electron chi connectivity index (χ2n) is 4.37. The van der Waals surface area contributed by atoms with E-state index in [0.717, 1.165) is 17.5 Å². The molecule has 0 aromatic carbocycles. The highest BCUT2D eigenvalue weighted by Gasteiger charge is 2.27. The number of pyridine rings is 1. The molecule has 2 heterocycles. The van der Waals surface area contributed by atoms with Gasteiger partial charge in [-0.1, -0.05) is 6.92 Å². The molecule has 0 aliphatic heterocycles. The van der Waals surface area contributed by atoms with E-state index >= 15 is 0 Å². The molecule has 0 saturated carbocycles. The Hall–Kier alpha value is -1.60. The topological polar surface area (TPSA) is 39.1 Å². The van der Waals surface area contributed by atoms with Gasteiger partial charge in [0, 0.05) is 24.3 Å². The molecule has 0 aliphatic carbocycles. The first-order chi connectivity index (χ1) is 9.51. The molecular weight excluding hydrogens is 271 g/mol. The van der Waals surface area contributed by atoms with E-state index in [0.29, 0.717) is 12.2 Å². The predicted molar refractivity (Wildman–Crippen MR) is 69.1 cm³/mol. The summed E-state index contributed by atoms with van der Waals surface area (Å²) in [5.41, 5.74) is 1.62. The highest BCUT2D eigenvalue weighted by molar-refractivity contribution is 5.80. The summed E-state index contributed by atoms with van der Waals surface area (Å²) < 4.78 is 42.5. The molecule has 0 saturated heterocycles. The molecule has 0 aliphatic rings. The molecule has 0 fully saturated rings. The van der Waals surface area contributed by atoms with E-state index in [4.69, 9.17) is 0 Å². The predicted octanol–water partition coefficient (Wildman–Crippen LogP) is 2.68. The molecule has 0 unspecified atom stereocenters. The summed E-state index contributed by atoms with van der Waals surface area (Å²) in [6.07, 6.45) is -0.931. The van der Waals surface area contributed by atoms with Crippen LogP contribution in [0.2, 0.25) is 0 Å². The van der Waals surface area contributed by atoms with Gasteiger partial charge in [-0.3, -0.25) is 0 Å². The Morgan fingerprint density at radius 1 is 1.40 bits per heavy atom.